The van der Waals surface area contributed by atoms with Crippen LogP contribution in [0.5, 0.6) is 11.5 Å². The summed E-state index contributed by atoms with van der Waals surface area (Å²) in [7, 11) is 5.01. The smallest absolute Gasteiger partial charge is 0.179 e. The topological polar surface area (TPSA) is 68.0 Å². The van der Waals surface area contributed by atoms with Crippen LogP contribution in [0.25, 0.3) is 0 Å². The molecule has 0 radical (unpaired) electrons. The second kappa shape index (κ2) is 7.55. The van der Waals surface area contributed by atoms with Gasteiger partial charge in [-0.3, -0.25) is 4.90 Å². The van der Waals surface area contributed by atoms with Gasteiger partial charge in [-0.1, -0.05) is 11.6 Å². The van der Waals surface area contributed by atoms with Crippen LogP contribution in [-0.2, 0) is 0 Å². The first-order valence-electron chi connectivity index (χ1n) is 6.01. The Morgan fingerprint density at radius 3 is 2.53 bits per heavy atom. The lowest BCUT2D eigenvalue weighted by atomic mass is 10.0. The summed E-state index contributed by atoms with van der Waals surface area (Å²) < 4.78 is 10.5. The zero-order valence-corrected chi connectivity index (χ0v) is 12.3. The highest BCUT2D eigenvalue weighted by Crippen LogP contribution is 2.38. The lowest BCUT2D eigenvalue weighted by Gasteiger charge is -2.27. The maximum Gasteiger partial charge on any atom is 0.179 e. The Morgan fingerprint density at radius 2 is 2.05 bits per heavy atom. The molecule has 0 spiro atoms. The van der Waals surface area contributed by atoms with Gasteiger partial charge in [-0.2, -0.15) is 0 Å². The minimum Gasteiger partial charge on any atom is -0.493 e. The summed E-state index contributed by atoms with van der Waals surface area (Å²) in [6.07, 6.45) is 0. The van der Waals surface area contributed by atoms with E-state index in [1.165, 1.54) is 0 Å². The van der Waals surface area contributed by atoms with Crippen molar-refractivity contribution in [1.29, 1.82) is 0 Å². The number of methoxy groups -OCH3 is 2. The first-order chi connectivity index (χ1) is 9.08. The van der Waals surface area contributed by atoms with Crippen LogP contribution in [0.3, 0.4) is 0 Å². The Bertz CT molecular complexity index is 415. The molecule has 0 fully saturated rings. The molecular weight excluding hydrogens is 268 g/mol. The van der Waals surface area contributed by atoms with E-state index in [0.717, 1.165) is 5.56 Å². The molecule has 1 aromatic carbocycles. The molecule has 5 nitrogen and oxygen atoms in total. The molecule has 108 valence electrons. The predicted molar refractivity (Wildman–Crippen MR) is 76.1 cm³/mol. The third kappa shape index (κ3) is 3.73. The third-order valence-electron chi connectivity index (χ3n) is 3.05. The first-order valence-corrected chi connectivity index (χ1v) is 6.39. The molecule has 0 saturated heterocycles. The van der Waals surface area contributed by atoms with Crippen molar-refractivity contribution in [3.63, 3.8) is 0 Å². The number of hydrogen-bond acceptors (Lipinski definition) is 5. The fourth-order valence-corrected chi connectivity index (χ4v) is 2.31. The lowest BCUT2D eigenvalue weighted by molar-refractivity contribution is 0.183. The van der Waals surface area contributed by atoms with Gasteiger partial charge in [-0.25, -0.2) is 0 Å². The predicted octanol–water partition coefficient (Wildman–Crippen LogP) is 1.28. The molecule has 1 aromatic rings. The van der Waals surface area contributed by atoms with Crippen molar-refractivity contribution >= 4 is 11.6 Å². The van der Waals surface area contributed by atoms with Gasteiger partial charge in [0.25, 0.3) is 0 Å². The van der Waals surface area contributed by atoms with E-state index in [1.54, 1.807) is 14.2 Å². The zero-order valence-electron chi connectivity index (χ0n) is 11.5. The molecule has 0 amide bonds. The number of benzene rings is 1. The average Bonchev–Trinajstić information content (AvgIpc) is 2.39. The van der Waals surface area contributed by atoms with E-state index >= 15 is 0 Å². The van der Waals surface area contributed by atoms with Crippen LogP contribution in [0.4, 0.5) is 0 Å². The lowest BCUT2D eigenvalue weighted by Crippen LogP contribution is -2.32. The van der Waals surface area contributed by atoms with Crippen LogP contribution in [0.1, 0.15) is 11.6 Å². The van der Waals surface area contributed by atoms with Crippen LogP contribution < -0.4 is 15.2 Å². The summed E-state index contributed by atoms with van der Waals surface area (Å²) in [6.45, 7) is 1.03. The monoisotopic (exact) mass is 288 g/mol. The summed E-state index contributed by atoms with van der Waals surface area (Å²) in [4.78, 5) is 1.97. The van der Waals surface area contributed by atoms with E-state index < -0.39 is 0 Å². The molecule has 6 heteroatoms. The highest BCUT2D eigenvalue weighted by atomic mass is 35.5. The summed E-state index contributed by atoms with van der Waals surface area (Å²) in [5, 5.41) is 9.49. The molecule has 3 N–H and O–H groups in total. The molecule has 19 heavy (non-hydrogen) atoms. The summed E-state index contributed by atoms with van der Waals surface area (Å²) in [5.41, 5.74) is 6.74. The van der Waals surface area contributed by atoms with E-state index in [-0.39, 0.29) is 12.6 Å². The number of nitrogens with zero attached hydrogens (tertiary/aromatic N) is 1. The van der Waals surface area contributed by atoms with Crippen LogP contribution in [0, 0.1) is 0 Å². The maximum atomic E-state index is 9.01. The number of hydrogen-bond donors (Lipinski definition) is 2. The zero-order chi connectivity index (χ0) is 14.4. The van der Waals surface area contributed by atoms with Gasteiger partial charge in [0.1, 0.15) is 0 Å². The second-order valence-corrected chi connectivity index (χ2v) is 4.60. The van der Waals surface area contributed by atoms with Gasteiger partial charge in [0.15, 0.2) is 11.5 Å². The van der Waals surface area contributed by atoms with Crippen molar-refractivity contribution in [2.45, 2.75) is 6.04 Å². The second-order valence-electron chi connectivity index (χ2n) is 4.19. The molecule has 1 unspecified atom stereocenters. The van der Waals surface area contributed by atoms with E-state index in [2.05, 4.69) is 0 Å². The number of aliphatic hydroxyl groups excluding tert-OH is 1. The van der Waals surface area contributed by atoms with Gasteiger partial charge < -0.3 is 20.3 Å². The van der Waals surface area contributed by atoms with E-state index in [9.17, 15) is 0 Å². The normalized spacial score (nSPS) is 12.6. The van der Waals surface area contributed by atoms with Crippen molar-refractivity contribution in [3.05, 3.63) is 22.7 Å². The van der Waals surface area contributed by atoms with Crippen molar-refractivity contribution < 1.29 is 14.6 Å². The standard InChI is InChI=1S/C13H21ClN2O3/c1-16(4-5-17)11(8-15)9-6-10(14)13(19-3)12(7-9)18-2/h6-7,11,17H,4-5,8,15H2,1-3H3. The van der Waals surface area contributed by atoms with Crippen molar-refractivity contribution in [1.82, 2.24) is 4.90 Å². The summed E-state index contributed by atoms with van der Waals surface area (Å²) in [6, 6.07) is 3.63. The van der Waals surface area contributed by atoms with E-state index in [1.807, 2.05) is 24.1 Å². The van der Waals surface area contributed by atoms with Gasteiger partial charge in [-0.05, 0) is 24.7 Å². The van der Waals surface area contributed by atoms with Gasteiger partial charge in [-0.15, -0.1) is 0 Å². The summed E-state index contributed by atoms with van der Waals surface area (Å²) >= 11 is 6.18. The highest BCUT2D eigenvalue weighted by Gasteiger charge is 2.19. The minimum atomic E-state index is -0.0375. The maximum absolute atomic E-state index is 9.01. The summed E-state index contributed by atoms with van der Waals surface area (Å²) in [5.74, 6) is 1.08. The highest BCUT2D eigenvalue weighted by molar-refractivity contribution is 6.32. The van der Waals surface area contributed by atoms with E-state index in [0.29, 0.717) is 29.6 Å². The number of halogens is 1. The molecule has 0 bridgehead atoms. The molecule has 0 aromatic heterocycles. The quantitative estimate of drug-likeness (QED) is 0.791. The Kier molecular flexibility index (Phi) is 6.37. The van der Waals surface area contributed by atoms with Gasteiger partial charge in [0.2, 0.25) is 0 Å². The molecule has 0 aliphatic rings. The Morgan fingerprint density at radius 1 is 1.37 bits per heavy atom. The van der Waals surface area contributed by atoms with Gasteiger partial charge in [0.05, 0.1) is 25.8 Å². The van der Waals surface area contributed by atoms with Crippen molar-refractivity contribution in [3.8, 4) is 11.5 Å². The van der Waals surface area contributed by atoms with Crippen molar-refractivity contribution in [2.24, 2.45) is 5.73 Å². The van der Waals surface area contributed by atoms with Gasteiger partial charge in [0, 0.05) is 19.1 Å². The van der Waals surface area contributed by atoms with Crippen LogP contribution in [-0.4, -0.2) is 51.0 Å². The number of rotatable bonds is 7. The molecular formula is C13H21ClN2O3. The van der Waals surface area contributed by atoms with Crippen LogP contribution in [0.15, 0.2) is 12.1 Å². The molecule has 1 rings (SSSR count). The largest absolute Gasteiger partial charge is 0.493 e. The number of aliphatic hydroxyl groups is 1. The van der Waals surface area contributed by atoms with Crippen LogP contribution in [0.2, 0.25) is 5.02 Å². The fraction of sp³-hybridized carbons (Fsp3) is 0.538. The number of nitrogens with two attached hydrogens (primary N) is 1. The van der Waals surface area contributed by atoms with Crippen LogP contribution >= 0.6 is 11.6 Å². The molecule has 0 heterocycles. The first kappa shape index (κ1) is 16.0. The molecule has 1 atom stereocenters. The number of ether oxygens (including phenoxy) is 2. The Labute approximate surface area is 118 Å². The third-order valence-corrected chi connectivity index (χ3v) is 3.33. The number of likely N-dealkylation sites (N-methyl/N-ethyl adjacent to an activating group) is 1. The Balaban J connectivity index is 3.14. The fourth-order valence-electron chi connectivity index (χ4n) is 2.01. The van der Waals surface area contributed by atoms with Crippen molar-refractivity contribution in [2.75, 3.05) is 41.0 Å². The Hall–Kier alpha value is -1.01. The minimum absolute atomic E-state index is 0.0375. The van der Waals surface area contributed by atoms with Gasteiger partial charge >= 0.3 is 0 Å². The van der Waals surface area contributed by atoms with E-state index in [4.69, 9.17) is 31.9 Å². The molecule has 0 aliphatic carbocycles. The SMILES string of the molecule is COc1cc(C(CN)N(C)CCO)cc(Cl)c1OC. The average molecular weight is 289 g/mol. The molecule has 0 aliphatic heterocycles. The molecule has 0 saturated carbocycles.